The van der Waals surface area contributed by atoms with Gasteiger partial charge in [-0.2, -0.15) is 0 Å². The smallest absolute Gasteiger partial charge is 0.227 e. The third-order valence-electron chi connectivity index (χ3n) is 4.23. The number of rotatable bonds is 4. The fourth-order valence-electron chi connectivity index (χ4n) is 2.10. The van der Waals surface area contributed by atoms with Gasteiger partial charge in [-0.05, 0) is 33.6 Å². The lowest BCUT2D eigenvalue weighted by Gasteiger charge is -2.30. The highest BCUT2D eigenvalue weighted by molar-refractivity contribution is 7.92. The molecule has 0 bridgehead atoms. The zero-order chi connectivity index (χ0) is 14.2. The number of nitrogens with two attached hydrogens (primary N) is 1. The first-order chi connectivity index (χ1) is 8.01. The maximum absolute atomic E-state index is 12.2. The van der Waals surface area contributed by atoms with E-state index in [9.17, 15) is 13.2 Å². The fraction of sp³-hybridized carbons (Fsp3) is 0.917. The van der Waals surface area contributed by atoms with E-state index in [2.05, 4.69) is 5.32 Å². The van der Waals surface area contributed by atoms with Gasteiger partial charge in [0.1, 0.15) is 0 Å². The normalized spacial score (nSPS) is 29.3. The Morgan fingerprint density at radius 2 is 2.06 bits per heavy atom. The summed E-state index contributed by atoms with van der Waals surface area (Å²) in [5, 5.41) is 2.74. The van der Waals surface area contributed by atoms with Crippen LogP contribution in [0.2, 0.25) is 0 Å². The van der Waals surface area contributed by atoms with Gasteiger partial charge < -0.3 is 11.1 Å². The van der Waals surface area contributed by atoms with E-state index in [0.29, 0.717) is 0 Å². The predicted molar refractivity (Wildman–Crippen MR) is 71.9 cm³/mol. The van der Waals surface area contributed by atoms with Crippen LogP contribution < -0.4 is 11.1 Å². The van der Waals surface area contributed by atoms with Gasteiger partial charge in [-0.1, -0.05) is 6.42 Å². The van der Waals surface area contributed by atoms with Gasteiger partial charge in [0.05, 0.1) is 10.2 Å². The van der Waals surface area contributed by atoms with Crippen molar-refractivity contribution in [3.8, 4) is 0 Å². The Kier molecular flexibility index (Phi) is 4.13. The van der Waals surface area contributed by atoms with Crippen LogP contribution in [0.3, 0.4) is 0 Å². The van der Waals surface area contributed by atoms with Crippen molar-refractivity contribution in [1.29, 1.82) is 0 Å². The standard InChI is InChI=1S/C12H24N2O3S/c1-11(2,18(4,16)17)8-14-10(15)12(3)7-5-6-9(12)13/h9H,5-8,13H2,1-4H3,(H,14,15). The van der Waals surface area contributed by atoms with Gasteiger partial charge in [-0.15, -0.1) is 0 Å². The molecule has 1 aliphatic rings. The van der Waals surface area contributed by atoms with Gasteiger partial charge in [-0.25, -0.2) is 8.42 Å². The molecule has 0 aromatic carbocycles. The zero-order valence-electron chi connectivity index (χ0n) is 11.6. The van der Waals surface area contributed by atoms with Gasteiger partial charge in [0.15, 0.2) is 9.84 Å². The second-order valence-electron chi connectivity index (χ2n) is 6.13. The molecule has 0 aromatic rings. The first-order valence-electron chi connectivity index (χ1n) is 6.24. The molecule has 2 unspecified atom stereocenters. The van der Waals surface area contributed by atoms with Crippen molar-refractivity contribution in [2.45, 2.75) is 50.8 Å². The van der Waals surface area contributed by atoms with E-state index < -0.39 is 20.0 Å². The monoisotopic (exact) mass is 276 g/mol. The first kappa shape index (κ1) is 15.4. The Labute approximate surface area is 109 Å². The molecule has 1 aliphatic carbocycles. The van der Waals surface area contributed by atoms with E-state index in [0.717, 1.165) is 19.3 Å². The van der Waals surface area contributed by atoms with Crippen LogP contribution in [0.15, 0.2) is 0 Å². The highest BCUT2D eigenvalue weighted by atomic mass is 32.2. The van der Waals surface area contributed by atoms with Crippen molar-refractivity contribution < 1.29 is 13.2 Å². The summed E-state index contributed by atoms with van der Waals surface area (Å²) >= 11 is 0. The molecule has 106 valence electrons. The van der Waals surface area contributed by atoms with Crippen LogP contribution >= 0.6 is 0 Å². The summed E-state index contributed by atoms with van der Waals surface area (Å²) < 4.78 is 22.2. The van der Waals surface area contributed by atoms with E-state index in [-0.39, 0.29) is 18.5 Å². The minimum absolute atomic E-state index is 0.118. The largest absolute Gasteiger partial charge is 0.354 e. The topological polar surface area (TPSA) is 89.3 Å². The quantitative estimate of drug-likeness (QED) is 0.780. The fourth-order valence-corrected chi connectivity index (χ4v) is 2.44. The molecule has 1 amide bonds. The summed E-state index contributed by atoms with van der Waals surface area (Å²) in [6.07, 6.45) is 3.74. The molecule has 2 atom stereocenters. The molecule has 3 N–H and O–H groups in total. The van der Waals surface area contributed by atoms with Crippen molar-refractivity contribution in [3.05, 3.63) is 0 Å². The van der Waals surface area contributed by atoms with Crippen molar-refractivity contribution in [2.75, 3.05) is 12.8 Å². The highest BCUT2D eigenvalue weighted by Gasteiger charge is 2.43. The molecule has 1 fully saturated rings. The van der Waals surface area contributed by atoms with E-state index in [1.165, 1.54) is 6.26 Å². The van der Waals surface area contributed by atoms with E-state index >= 15 is 0 Å². The van der Waals surface area contributed by atoms with Crippen LogP contribution in [0.1, 0.15) is 40.0 Å². The minimum Gasteiger partial charge on any atom is -0.354 e. The molecule has 18 heavy (non-hydrogen) atoms. The lowest BCUT2D eigenvalue weighted by molar-refractivity contribution is -0.130. The molecule has 1 saturated carbocycles. The van der Waals surface area contributed by atoms with E-state index in [4.69, 9.17) is 5.73 Å². The van der Waals surface area contributed by atoms with E-state index in [1.807, 2.05) is 6.92 Å². The number of hydrogen-bond donors (Lipinski definition) is 2. The molecule has 6 heteroatoms. The number of carbonyl (C=O) groups is 1. The van der Waals surface area contributed by atoms with Crippen LogP contribution in [-0.4, -0.2) is 37.9 Å². The van der Waals surface area contributed by atoms with Crippen LogP contribution in [0.4, 0.5) is 0 Å². The van der Waals surface area contributed by atoms with Gasteiger partial charge in [0, 0.05) is 18.8 Å². The van der Waals surface area contributed by atoms with Crippen molar-refractivity contribution in [2.24, 2.45) is 11.1 Å². The average Bonchev–Trinajstić information content (AvgIpc) is 2.55. The average molecular weight is 276 g/mol. The molecule has 0 heterocycles. The Morgan fingerprint density at radius 1 is 1.50 bits per heavy atom. The Bertz CT molecular complexity index is 431. The van der Waals surface area contributed by atoms with Gasteiger partial charge in [0.2, 0.25) is 5.91 Å². The SMILES string of the molecule is CC1(C(=O)NCC(C)(C)S(C)(=O)=O)CCCC1N. The molecule has 1 rings (SSSR count). The summed E-state index contributed by atoms with van der Waals surface area (Å²) in [7, 11) is -3.20. The summed E-state index contributed by atoms with van der Waals surface area (Å²) in [6.45, 7) is 5.19. The zero-order valence-corrected chi connectivity index (χ0v) is 12.4. The molecule has 0 saturated heterocycles. The third-order valence-corrected chi connectivity index (χ3v) is 6.38. The molecule has 0 radical (unpaired) electrons. The van der Waals surface area contributed by atoms with Crippen molar-refractivity contribution in [3.63, 3.8) is 0 Å². The molecule has 0 aromatic heterocycles. The summed E-state index contributed by atoms with van der Waals surface area (Å²) in [5.74, 6) is -0.135. The minimum atomic E-state index is -3.20. The van der Waals surface area contributed by atoms with Crippen LogP contribution in [0, 0.1) is 5.41 Å². The summed E-state index contributed by atoms with van der Waals surface area (Å²) in [6, 6.07) is -0.140. The Hall–Kier alpha value is -0.620. The number of nitrogens with one attached hydrogen (secondary N) is 1. The van der Waals surface area contributed by atoms with Gasteiger partial charge in [0.25, 0.3) is 0 Å². The van der Waals surface area contributed by atoms with Crippen LogP contribution in [0.25, 0.3) is 0 Å². The summed E-state index contributed by atoms with van der Waals surface area (Å²) in [5.41, 5.74) is 5.40. The van der Waals surface area contributed by atoms with Gasteiger partial charge >= 0.3 is 0 Å². The molecule has 0 aliphatic heterocycles. The second-order valence-corrected chi connectivity index (χ2v) is 8.78. The Balaban J connectivity index is 2.68. The third kappa shape index (κ3) is 2.85. The highest BCUT2D eigenvalue weighted by Crippen LogP contribution is 2.36. The predicted octanol–water partition coefficient (Wildman–Crippen LogP) is 0.443. The number of carbonyl (C=O) groups excluding carboxylic acids is 1. The lowest BCUT2D eigenvalue weighted by atomic mass is 9.84. The maximum Gasteiger partial charge on any atom is 0.227 e. The molecule has 5 nitrogen and oxygen atoms in total. The van der Waals surface area contributed by atoms with Gasteiger partial charge in [-0.3, -0.25) is 4.79 Å². The number of sulfone groups is 1. The first-order valence-corrected chi connectivity index (χ1v) is 8.13. The number of hydrogen-bond acceptors (Lipinski definition) is 4. The lowest BCUT2D eigenvalue weighted by Crippen LogP contribution is -2.51. The van der Waals surface area contributed by atoms with E-state index in [1.54, 1.807) is 13.8 Å². The number of amides is 1. The van der Waals surface area contributed by atoms with Crippen LogP contribution in [0.5, 0.6) is 0 Å². The molecular weight excluding hydrogens is 252 g/mol. The maximum atomic E-state index is 12.2. The Morgan fingerprint density at radius 3 is 2.44 bits per heavy atom. The molecule has 0 spiro atoms. The summed E-state index contributed by atoms with van der Waals surface area (Å²) in [4.78, 5) is 12.2. The molecular formula is C12H24N2O3S. The van der Waals surface area contributed by atoms with Crippen molar-refractivity contribution >= 4 is 15.7 Å². The second kappa shape index (κ2) is 4.81. The van der Waals surface area contributed by atoms with Crippen molar-refractivity contribution in [1.82, 2.24) is 5.32 Å². The van der Waals surface area contributed by atoms with Crippen LogP contribution in [-0.2, 0) is 14.6 Å².